The van der Waals surface area contributed by atoms with Gasteiger partial charge in [0.25, 0.3) is 16.8 Å². The van der Waals surface area contributed by atoms with Gasteiger partial charge in [-0.05, 0) is 36.0 Å². The first-order chi connectivity index (χ1) is 12.9. The highest BCUT2D eigenvalue weighted by Crippen LogP contribution is 2.32. The number of imide groups is 1. The van der Waals surface area contributed by atoms with Crippen LogP contribution in [0.2, 0.25) is 0 Å². The molecular formula is C17H13N3O6S. The molecule has 0 atom stereocenters. The minimum atomic E-state index is -0.696. The number of ether oxygens (including phenoxy) is 1. The Bertz CT molecular complexity index is 981. The molecule has 10 heteroatoms. The molecule has 2 aromatic rings. The van der Waals surface area contributed by atoms with Crippen molar-refractivity contribution in [3.05, 3.63) is 63.3 Å². The van der Waals surface area contributed by atoms with Gasteiger partial charge in [-0.2, -0.15) is 0 Å². The molecular weight excluding hydrogens is 374 g/mol. The molecule has 0 unspecified atom stereocenters. The number of methoxy groups -OCH3 is 1. The van der Waals surface area contributed by atoms with Gasteiger partial charge in [-0.25, -0.2) is 0 Å². The molecule has 1 aromatic heterocycles. The van der Waals surface area contributed by atoms with E-state index in [0.29, 0.717) is 23.1 Å². The summed E-state index contributed by atoms with van der Waals surface area (Å²) in [4.78, 5) is 47.2. The SMILES string of the molecule is COC(=O)CN1C(=O)S/C(=C/c2cccn2-c2cccc([N+](=O)[O-])c2)C1=O. The topological polar surface area (TPSA) is 112 Å². The molecule has 1 saturated heterocycles. The minimum absolute atomic E-state index is 0.0643. The molecule has 1 fully saturated rings. The number of nitro benzene ring substituents is 1. The summed E-state index contributed by atoms with van der Waals surface area (Å²) in [5, 5.41) is 10.4. The highest BCUT2D eigenvalue weighted by molar-refractivity contribution is 8.18. The Labute approximate surface area is 157 Å². The molecule has 0 bridgehead atoms. The number of non-ortho nitro benzene ring substituents is 1. The maximum atomic E-state index is 12.4. The van der Waals surface area contributed by atoms with Crippen molar-refractivity contribution in [2.45, 2.75) is 0 Å². The summed E-state index contributed by atoms with van der Waals surface area (Å²) in [6, 6.07) is 9.44. The lowest BCUT2D eigenvalue weighted by Gasteiger charge is -2.10. The van der Waals surface area contributed by atoms with Crippen molar-refractivity contribution in [1.82, 2.24) is 9.47 Å². The molecule has 27 heavy (non-hydrogen) atoms. The summed E-state index contributed by atoms with van der Waals surface area (Å²) in [7, 11) is 1.17. The van der Waals surface area contributed by atoms with Gasteiger partial charge in [0.15, 0.2) is 0 Å². The van der Waals surface area contributed by atoms with Crippen molar-refractivity contribution >= 4 is 40.6 Å². The number of hydrogen-bond acceptors (Lipinski definition) is 7. The zero-order valence-electron chi connectivity index (χ0n) is 14.0. The summed E-state index contributed by atoms with van der Waals surface area (Å²) >= 11 is 0.714. The fourth-order valence-corrected chi connectivity index (χ4v) is 3.29. The van der Waals surface area contributed by atoms with Crippen molar-refractivity contribution < 1.29 is 24.0 Å². The zero-order chi connectivity index (χ0) is 19.6. The Hall–Kier alpha value is -3.40. The van der Waals surface area contributed by atoms with Gasteiger partial charge in [-0.15, -0.1) is 0 Å². The average molecular weight is 387 g/mol. The number of benzene rings is 1. The predicted molar refractivity (Wildman–Crippen MR) is 97.1 cm³/mol. The fourth-order valence-electron chi connectivity index (χ4n) is 2.47. The number of aromatic nitrogens is 1. The smallest absolute Gasteiger partial charge is 0.325 e. The lowest BCUT2D eigenvalue weighted by Crippen LogP contribution is -2.34. The molecule has 0 radical (unpaired) electrons. The van der Waals surface area contributed by atoms with Crippen molar-refractivity contribution in [2.75, 3.05) is 13.7 Å². The molecule has 1 aromatic carbocycles. The molecule has 2 amide bonds. The van der Waals surface area contributed by atoms with E-state index in [-0.39, 0.29) is 10.6 Å². The van der Waals surface area contributed by atoms with E-state index in [2.05, 4.69) is 4.74 Å². The van der Waals surface area contributed by atoms with Gasteiger partial charge in [0.05, 0.1) is 22.6 Å². The van der Waals surface area contributed by atoms with E-state index in [1.807, 2.05) is 0 Å². The highest BCUT2D eigenvalue weighted by Gasteiger charge is 2.36. The van der Waals surface area contributed by atoms with Gasteiger partial charge in [-0.3, -0.25) is 29.4 Å². The molecule has 0 aliphatic carbocycles. The van der Waals surface area contributed by atoms with Crippen molar-refractivity contribution in [1.29, 1.82) is 0 Å². The van der Waals surface area contributed by atoms with Crippen LogP contribution in [0.1, 0.15) is 5.69 Å². The molecule has 3 rings (SSSR count). The van der Waals surface area contributed by atoms with Gasteiger partial charge in [0, 0.05) is 24.0 Å². The van der Waals surface area contributed by atoms with Crippen LogP contribution in [0.3, 0.4) is 0 Å². The number of rotatable bonds is 5. The molecule has 1 aliphatic rings. The van der Waals surface area contributed by atoms with Gasteiger partial charge >= 0.3 is 5.97 Å². The zero-order valence-corrected chi connectivity index (χ0v) is 14.8. The van der Waals surface area contributed by atoms with Gasteiger partial charge in [0.1, 0.15) is 6.54 Å². The molecule has 9 nitrogen and oxygen atoms in total. The van der Waals surface area contributed by atoms with E-state index >= 15 is 0 Å². The van der Waals surface area contributed by atoms with Crippen LogP contribution in [0.5, 0.6) is 0 Å². The average Bonchev–Trinajstić information content (AvgIpc) is 3.22. The molecule has 0 saturated carbocycles. The van der Waals surface area contributed by atoms with E-state index in [9.17, 15) is 24.5 Å². The number of nitrogens with zero attached hydrogens (tertiary/aromatic N) is 3. The first kappa shape index (κ1) is 18.4. The summed E-state index contributed by atoms with van der Waals surface area (Å²) < 4.78 is 6.14. The Kier molecular flexibility index (Phi) is 5.08. The Morgan fingerprint density at radius 3 is 2.78 bits per heavy atom. The monoisotopic (exact) mass is 387 g/mol. The molecule has 0 N–H and O–H groups in total. The minimum Gasteiger partial charge on any atom is -0.468 e. The molecule has 0 spiro atoms. The van der Waals surface area contributed by atoms with Crippen LogP contribution in [0.25, 0.3) is 11.8 Å². The number of carbonyl (C=O) groups excluding carboxylic acids is 3. The Morgan fingerprint density at radius 1 is 1.30 bits per heavy atom. The molecule has 2 heterocycles. The lowest BCUT2D eigenvalue weighted by molar-refractivity contribution is -0.384. The maximum absolute atomic E-state index is 12.4. The van der Waals surface area contributed by atoms with Crippen LogP contribution in [-0.2, 0) is 14.3 Å². The van der Waals surface area contributed by atoms with Crippen LogP contribution in [-0.4, -0.2) is 45.2 Å². The normalized spacial score (nSPS) is 15.4. The number of nitro groups is 1. The second-order valence-corrected chi connectivity index (χ2v) is 6.42. The van der Waals surface area contributed by atoms with Crippen molar-refractivity contribution in [3.8, 4) is 5.69 Å². The van der Waals surface area contributed by atoms with Crippen LogP contribution in [0.4, 0.5) is 10.5 Å². The van der Waals surface area contributed by atoms with Crippen LogP contribution in [0, 0.1) is 10.1 Å². The third-order valence-electron chi connectivity index (χ3n) is 3.77. The summed E-state index contributed by atoms with van der Waals surface area (Å²) in [6.45, 7) is -0.454. The second-order valence-electron chi connectivity index (χ2n) is 5.42. The maximum Gasteiger partial charge on any atom is 0.325 e. The summed E-state index contributed by atoms with van der Waals surface area (Å²) in [5.41, 5.74) is 1.03. The van der Waals surface area contributed by atoms with Crippen LogP contribution >= 0.6 is 11.8 Å². The van der Waals surface area contributed by atoms with Crippen molar-refractivity contribution in [2.24, 2.45) is 0 Å². The standard InChI is InChI=1S/C17H13N3O6S/c1-26-15(21)10-19-16(22)14(27-17(19)23)9-12-6-3-7-18(12)11-4-2-5-13(8-11)20(24)25/h2-9H,10H2,1H3/b14-9+. The summed E-state index contributed by atoms with van der Waals surface area (Å²) in [6.07, 6.45) is 3.19. The number of carbonyl (C=O) groups is 3. The van der Waals surface area contributed by atoms with Crippen LogP contribution in [0.15, 0.2) is 47.5 Å². The molecule has 1 aliphatic heterocycles. The van der Waals surface area contributed by atoms with E-state index in [0.717, 1.165) is 4.90 Å². The third-order valence-corrected chi connectivity index (χ3v) is 4.67. The second kappa shape index (κ2) is 7.46. The van der Waals surface area contributed by atoms with E-state index in [4.69, 9.17) is 0 Å². The lowest BCUT2D eigenvalue weighted by atomic mass is 10.2. The van der Waals surface area contributed by atoms with E-state index < -0.39 is 28.6 Å². The van der Waals surface area contributed by atoms with Crippen LogP contribution < -0.4 is 0 Å². The number of esters is 1. The van der Waals surface area contributed by atoms with E-state index in [1.54, 1.807) is 35.0 Å². The number of amides is 2. The first-order valence-electron chi connectivity index (χ1n) is 7.65. The molecule has 138 valence electrons. The number of thioether (sulfide) groups is 1. The Morgan fingerprint density at radius 2 is 2.07 bits per heavy atom. The van der Waals surface area contributed by atoms with Crippen molar-refractivity contribution in [3.63, 3.8) is 0 Å². The quantitative estimate of drug-likeness (QED) is 0.335. The van der Waals surface area contributed by atoms with E-state index in [1.165, 1.54) is 25.3 Å². The summed E-state index contributed by atoms with van der Waals surface area (Å²) in [5.74, 6) is -1.29. The fraction of sp³-hybridized carbons (Fsp3) is 0.118. The van der Waals surface area contributed by atoms with Gasteiger partial charge < -0.3 is 9.30 Å². The Balaban J connectivity index is 1.92. The predicted octanol–water partition coefficient (Wildman–Crippen LogP) is 2.59. The first-order valence-corrected chi connectivity index (χ1v) is 8.46. The number of hydrogen-bond donors (Lipinski definition) is 0. The highest BCUT2D eigenvalue weighted by atomic mass is 32.2. The largest absolute Gasteiger partial charge is 0.468 e. The van der Waals surface area contributed by atoms with Gasteiger partial charge in [0.2, 0.25) is 0 Å². The van der Waals surface area contributed by atoms with Gasteiger partial charge in [-0.1, -0.05) is 6.07 Å². The third kappa shape index (κ3) is 3.75.